The molecule has 0 unspecified atom stereocenters. The van der Waals surface area contributed by atoms with Gasteiger partial charge in [0, 0.05) is 26.7 Å². The van der Waals surface area contributed by atoms with Crippen molar-refractivity contribution in [3.63, 3.8) is 0 Å². The molecule has 0 spiro atoms. The van der Waals surface area contributed by atoms with Crippen LogP contribution in [0, 0.1) is 0 Å². The fourth-order valence-corrected chi connectivity index (χ4v) is 5.64. The van der Waals surface area contributed by atoms with E-state index < -0.39 is 0 Å². The van der Waals surface area contributed by atoms with Gasteiger partial charge >= 0.3 is 0 Å². The van der Waals surface area contributed by atoms with Crippen LogP contribution in [0.25, 0.3) is 0 Å². The second kappa shape index (κ2) is 15.6. The minimum Gasteiger partial charge on any atom is -0.491 e. The first-order valence-electron chi connectivity index (χ1n) is 14.7. The first kappa shape index (κ1) is 29.1. The lowest BCUT2D eigenvalue weighted by molar-refractivity contribution is -0.135. The number of rotatable bonds is 7. The molecule has 2 aromatic rings. The quantitative estimate of drug-likeness (QED) is 0.516. The van der Waals surface area contributed by atoms with Crippen LogP contribution in [0.15, 0.2) is 54.6 Å². The summed E-state index contributed by atoms with van der Waals surface area (Å²) in [5.41, 5.74) is 1.74. The lowest BCUT2D eigenvalue weighted by Gasteiger charge is -2.35. The number of methoxy groups -OCH3 is 1. The molecule has 0 aromatic heterocycles. The summed E-state index contributed by atoms with van der Waals surface area (Å²) < 4.78 is 11.7. The molecule has 1 atom stereocenters. The molecular formula is C32H45N3O4. The third-order valence-electron chi connectivity index (χ3n) is 7.86. The zero-order chi connectivity index (χ0) is 27.3. The van der Waals surface area contributed by atoms with Crippen molar-refractivity contribution >= 4 is 11.8 Å². The maximum atomic E-state index is 13.8. The van der Waals surface area contributed by atoms with Gasteiger partial charge in [0.15, 0.2) is 0 Å². The molecular weight excluding hydrogens is 490 g/mol. The third kappa shape index (κ3) is 8.80. The van der Waals surface area contributed by atoms with E-state index in [2.05, 4.69) is 21.9 Å². The second-order valence-corrected chi connectivity index (χ2v) is 10.8. The average Bonchev–Trinajstić information content (AvgIpc) is 2.97. The standard InChI is InChI=1S/C32H45N3O4/c1-38-23-22-34-20-12-2-3-13-21-35(31(36)25-33-18-10-5-11-19-33)28(24-27-14-6-4-7-15-27)26-39-30-17-9-8-16-29(30)32(34)37/h4,6-9,14-17,28H,2-3,5,10-13,18-26H2,1H3/t28-/m0/s1. The van der Waals surface area contributed by atoms with Crippen molar-refractivity contribution in [2.24, 2.45) is 0 Å². The van der Waals surface area contributed by atoms with E-state index in [-0.39, 0.29) is 17.9 Å². The number of hydrogen-bond acceptors (Lipinski definition) is 5. The monoisotopic (exact) mass is 535 g/mol. The van der Waals surface area contributed by atoms with Crippen LogP contribution in [0.2, 0.25) is 0 Å². The Morgan fingerprint density at radius 1 is 0.872 bits per heavy atom. The van der Waals surface area contributed by atoms with Crippen molar-refractivity contribution in [2.45, 2.75) is 57.4 Å². The summed E-state index contributed by atoms with van der Waals surface area (Å²) in [6.07, 6.45) is 8.20. The van der Waals surface area contributed by atoms with E-state index >= 15 is 0 Å². The van der Waals surface area contributed by atoms with Crippen LogP contribution in [0.3, 0.4) is 0 Å². The largest absolute Gasteiger partial charge is 0.491 e. The Morgan fingerprint density at radius 2 is 1.54 bits per heavy atom. The van der Waals surface area contributed by atoms with Gasteiger partial charge in [0.05, 0.1) is 24.8 Å². The summed E-state index contributed by atoms with van der Waals surface area (Å²) in [5, 5.41) is 0. The van der Waals surface area contributed by atoms with Gasteiger partial charge in [0.25, 0.3) is 5.91 Å². The van der Waals surface area contributed by atoms with Crippen molar-refractivity contribution in [3.05, 3.63) is 65.7 Å². The first-order chi connectivity index (χ1) is 19.2. The van der Waals surface area contributed by atoms with Crippen LogP contribution < -0.4 is 4.74 Å². The number of benzene rings is 2. The van der Waals surface area contributed by atoms with Crippen LogP contribution in [0.4, 0.5) is 0 Å². The maximum absolute atomic E-state index is 13.8. The van der Waals surface area contributed by atoms with Crippen LogP contribution >= 0.6 is 0 Å². The molecule has 212 valence electrons. The van der Waals surface area contributed by atoms with Crippen LogP contribution in [-0.4, -0.2) is 92.1 Å². The van der Waals surface area contributed by atoms with Crippen molar-refractivity contribution in [1.82, 2.24) is 14.7 Å². The van der Waals surface area contributed by atoms with Gasteiger partial charge in [-0.15, -0.1) is 0 Å². The molecule has 2 aromatic carbocycles. The minimum absolute atomic E-state index is 0.0302. The highest BCUT2D eigenvalue weighted by Crippen LogP contribution is 2.23. The van der Waals surface area contributed by atoms with E-state index in [1.165, 1.54) is 12.0 Å². The van der Waals surface area contributed by atoms with E-state index in [9.17, 15) is 9.59 Å². The van der Waals surface area contributed by atoms with Crippen LogP contribution in [0.1, 0.15) is 60.9 Å². The molecule has 7 heteroatoms. The lowest BCUT2D eigenvalue weighted by Crippen LogP contribution is -2.50. The fourth-order valence-electron chi connectivity index (χ4n) is 5.64. The molecule has 4 rings (SSSR count). The smallest absolute Gasteiger partial charge is 0.257 e. The molecule has 2 amide bonds. The predicted octanol–water partition coefficient (Wildman–Crippen LogP) is 4.65. The molecule has 2 aliphatic heterocycles. The Hall–Kier alpha value is -2.90. The summed E-state index contributed by atoms with van der Waals surface area (Å²) in [6.45, 7) is 5.26. The van der Waals surface area contributed by atoms with Crippen LogP contribution in [0.5, 0.6) is 5.75 Å². The summed E-state index contributed by atoms with van der Waals surface area (Å²) in [7, 11) is 1.66. The summed E-state index contributed by atoms with van der Waals surface area (Å²) >= 11 is 0. The maximum Gasteiger partial charge on any atom is 0.257 e. The van der Waals surface area contributed by atoms with Gasteiger partial charge in [-0.3, -0.25) is 14.5 Å². The Balaban J connectivity index is 1.60. The summed E-state index contributed by atoms with van der Waals surface area (Å²) in [4.78, 5) is 33.7. The highest BCUT2D eigenvalue weighted by molar-refractivity contribution is 5.97. The van der Waals surface area contributed by atoms with Gasteiger partial charge in [-0.1, -0.05) is 61.7 Å². The average molecular weight is 536 g/mol. The molecule has 0 N–H and O–H groups in total. The number of ether oxygens (including phenoxy) is 2. The van der Waals surface area contributed by atoms with E-state index in [1.54, 1.807) is 7.11 Å². The number of nitrogens with zero attached hydrogens (tertiary/aromatic N) is 3. The zero-order valence-corrected chi connectivity index (χ0v) is 23.6. The lowest BCUT2D eigenvalue weighted by atomic mass is 10.0. The van der Waals surface area contributed by atoms with Gasteiger partial charge in [0.1, 0.15) is 12.4 Å². The topological polar surface area (TPSA) is 62.3 Å². The van der Waals surface area contributed by atoms with Crippen LogP contribution in [-0.2, 0) is 16.0 Å². The second-order valence-electron chi connectivity index (χ2n) is 10.8. The summed E-state index contributed by atoms with van der Waals surface area (Å²) in [5.74, 6) is 0.726. The number of fused-ring (bicyclic) bond motifs is 1. The molecule has 0 bridgehead atoms. The van der Waals surface area contributed by atoms with E-state index in [4.69, 9.17) is 9.47 Å². The Morgan fingerprint density at radius 3 is 2.31 bits per heavy atom. The number of amides is 2. The van der Waals surface area contributed by atoms with Gasteiger partial charge < -0.3 is 19.3 Å². The third-order valence-corrected chi connectivity index (χ3v) is 7.86. The van der Waals surface area contributed by atoms with Gasteiger partial charge in [0.2, 0.25) is 5.91 Å². The molecule has 2 aliphatic rings. The first-order valence-corrected chi connectivity index (χ1v) is 14.7. The number of likely N-dealkylation sites (tertiary alicyclic amines) is 1. The molecule has 1 saturated heterocycles. The molecule has 0 aliphatic carbocycles. The van der Waals surface area contributed by atoms with E-state index in [0.29, 0.717) is 50.6 Å². The van der Waals surface area contributed by atoms with Gasteiger partial charge in [-0.2, -0.15) is 0 Å². The number of para-hydroxylation sites is 1. The molecule has 2 heterocycles. The van der Waals surface area contributed by atoms with E-state index in [0.717, 1.165) is 58.2 Å². The number of carbonyl (C=O) groups is 2. The number of piperidine rings is 1. The normalized spacial score (nSPS) is 20.1. The van der Waals surface area contributed by atoms with E-state index in [1.807, 2.05) is 47.4 Å². The SMILES string of the molecule is COCCN1CCCCCCN(C(=O)CN2CCCCC2)[C@@H](Cc2ccccc2)COc2ccccc2C1=O. The Labute approximate surface area is 234 Å². The number of hydrogen-bond donors (Lipinski definition) is 0. The molecule has 7 nitrogen and oxygen atoms in total. The molecule has 0 saturated carbocycles. The zero-order valence-electron chi connectivity index (χ0n) is 23.6. The molecule has 1 fully saturated rings. The van der Waals surface area contributed by atoms with Gasteiger partial charge in [-0.05, 0) is 62.9 Å². The predicted molar refractivity (Wildman–Crippen MR) is 154 cm³/mol. The van der Waals surface area contributed by atoms with Gasteiger partial charge in [-0.25, -0.2) is 0 Å². The molecule has 39 heavy (non-hydrogen) atoms. The molecule has 0 radical (unpaired) electrons. The van der Waals surface area contributed by atoms with Crippen molar-refractivity contribution in [2.75, 3.05) is 59.6 Å². The van der Waals surface area contributed by atoms with Crippen molar-refractivity contribution in [3.8, 4) is 5.75 Å². The van der Waals surface area contributed by atoms with Crippen molar-refractivity contribution < 1.29 is 19.1 Å². The highest BCUT2D eigenvalue weighted by atomic mass is 16.5. The highest BCUT2D eigenvalue weighted by Gasteiger charge is 2.28. The number of carbonyl (C=O) groups excluding carboxylic acids is 2. The Kier molecular flexibility index (Phi) is 11.7. The summed E-state index contributed by atoms with van der Waals surface area (Å²) in [6, 6.07) is 17.7. The minimum atomic E-state index is -0.125. The fraction of sp³-hybridized carbons (Fsp3) is 0.562. The van der Waals surface area contributed by atoms with Crippen molar-refractivity contribution in [1.29, 1.82) is 0 Å². The Bertz CT molecular complexity index is 1030.